The average molecular weight is 1040 g/mol. The first kappa shape index (κ1) is 54.3. The molecule has 2 aliphatic rings. The molecular weight excluding hydrogens is 979 g/mol. The van der Waals surface area contributed by atoms with Gasteiger partial charge in [-0.05, 0) is 151 Å². The highest BCUT2D eigenvalue weighted by atomic mass is 79.9. The summed E-state index contributed by atoms with van der Waals surface area (Å²) in [4.78, 5) is 65.2. The van der Waals surface area contributed by atoms with Gasteiger partial charge in [-0.25, -0.2) is 23.6 Å². The van der Waals surface area contributed by atoms with E-state index >= 15 is 0 Å². The molecule has 2 aliphatic heterocycles. The molecule has 0 radical (unpaired) electrons. The number of benzene rings is 2. The first-order valence-electron chi connectivity index (χ1n) is 21.1. The Morgan fingerprint density at radius 2 is 0.969 bits per heavy atom. The number of phenols is 1. The standard InChI is InChI=1S/C23H34BrFN4O5.C21H31BrN4O5/c1-22(2,3)33-20(30)26-19(27-21(31)34-23(4,5)6)29-12-10-28(11-13-29)16-7-8-18(17(24)15-16)32-14-9-25;1-20(2,3)30-18(28)23-17(24-19(29)31-21(4,5)6)26-11-9-25(10-12-26)14-7-8-16(27)15(22)13-14/h7-8,15H,9-14H2,1-6H3,(H,26,27,30,31);7-8,13,27H,9-12H2,1-6H3,(H,23,24,28,29). The van der Waals surface area contributed by atoms with Crippen molar-refractivity contribution in [3.05, 3.63) is 45.3 Å². The van der Waals surface area contributed by atoms with Gasteiger partial charge in [0.1, 0.15) is 47.2 Å². The third-order valence-corrected chi connectivity index (χ3v) is 9.73. The van der Waals surface area contributed by atoms with Crippen LogP contribution in [0.1, 0.15) is 83.1 Å². The molecule has 0 aliphatic carbocycles. The lowest BCUT2D eigenvalue weighted by Gasteiger charge is -2.37. The molecule has 21 heteroatoms. The fourth-order valence-corrected chi connectivity index (χ4v) is 6.73. The van der Waals surface area contributed by atoms with E-state index in [1.807, 2.05) is 24.3 Å². The largest absolute Gasteiger partial charge is 0.507 e. The Morgan fingerprint density at radius 1 is 0.600 bits per heavy atom. The molecule has 3 N–H and O–H groups in total. The molecule has 18 nitrogen and oxygen atoms in total. The van der Waals surface area contributed by atoms with E-state index in [0.29, 0.717) is 62.6 Å². The van der Waals surface area contributed by atoms with Gasteiger partial charge in [-0.1, -0.05) is 0 Å². The number of rotatable bonds is 5. The summed E-state index contributed by atoms with van der Waals surface area (Å²) in [7, 11) is 0. The van der Waals surface area contributed by atoms with Gasteiger partial charge in [-0.15, -0.1) is 9.98 Å². The number of aromatic hydroxyl groups is 1. The van der Waals surface area contributed by atoms with E-state index in [1.165, 1.54) is 0 Å². The van der Waals surface area contributed by atoms with Crippen molar-refractivity contribution in [2.45, 2.75) is 105 Å². The first-order valence-corrected chi connectivity index (χ1v) is 22.7. The van der Waals surface area contributed by atoms with Gasteiger partial charge in [0.15, 0.2) is 0 Å². The Kier molecular flexibility index (Phi) is 19.6. The van der Waals surface area contributed by atoms with Gasteiger partial charge in [0.05, 0.1) is 8.95 Å². The van der Waals surface area contributed by atoms with E-state index in [-0.39, 0.29) is 24.3 Å². The fraction of sp³-hybridized carbons (Fsp3) is 0.591. The highest BCUT2D eigenvalue weighted by Crippen LogP contribution is 2.31. The SMILES string of the molecule is CC(C)(C)OC(=O)N=C(NC(=O)OC(C)(C)C)N1CCN(c2ccc(O)c(Br)c2)CC1.CC(C)(C)OC(=O)N=C(NC(=O)OC(C)(C)C)N1CCN(c2ccc(OCCF)c(Br)c2)CC1. The molecule has 2 fully saturated rings. The summed E-state index contributed by atoms with van der Waals surface area (Å²) in [5.74, 6) is 0.929. The number of amides is 4. The van der Waals surface area contributed by atoms with Gasteiger partial charge in [0, 0.05) is 63.7 Å². The number of guanidine groups is 2. The van der Waals surface area contributed by atoms with Gasteiger partial charge in [-0.3, -0.25) is 10.6 Å². The molecule has 2 aromatic carbocycles. The summed E-state index contributed by atoms with van der Waals surface area (Å²) >= 11 is 6.80. The lowest BCUT2D eigenvalue weighted by atomic mass is 10.2. The van der Waals surface area contributed by atoms with Crippen LogP contribution in [-0.4, -0.2) is 139 Å². The molecule has 4 rings (SSSR count). The van der Waals surface area contributed by atoms with Crippen molar-refractivity contribution in [1.82, 2.24) is 20.4 Å². The maximum absolute atomic E-state index is 12.4. The third-order valence-electron chi connectivity index (χ3n) is 8.48. The van der Waals surface area contributed by atoms with E-state index in [9.17, 15) is 28.7 Å². The number of piperazine rings is 2. The molecule has 0 atom stereocenters. The minimum Gasteiger partial charge on any atom is -0.507 e. The number of phenolic OH excluding ortho intramolecular Hbond substituents is 1. The number of anilines is 2. The Labute approximate surface area is 398 Å². The number of aliphatic imine (C=N–C) groups is 2. The van der Waals surface area contributed by atoms with Crippen molar-refractivity contribution in [2.75, 3.05) is 75.4 Å². The quantitative estimate of drug-likeness (QED) is 0.146. The van der Waals surface area contributed by atoms with Crippen LogP contribution in [-0.2, 0) is 18.9 Å². The van der Waals surface area contributed by atoms with Crippen LogP contribution in [0, 0.1) is 0 Å². The molecule has 2 saturated heterocycles. The number of nitrogens with zero attached hydrogens (tertiary/aromatic N) is 6. The Hall–Kier alpha value is -5.05. The molecule has 4 amide bonds. The van der Waals surface area contributed by atoms with Crippen LogP contribution >= 0.6 is 31.9 Å². The van der Waals surface area contributed by atoms with Crippen molar-refractivity contribution >= 4 is 79.5 Å². The number of hydrogen-bond acceptors (Lipinski definition) is 12. The number of ether oxygens (including phenoxy) is 5. The smallest absolute Gasteiger partial charge is 0.437 e. The van der Waals surface area contributed by atoms with Crippen molar-refractivity contribution in [3.8, 4) is 11.5 Å². The van der Waals surface area contributed by atoms with Gasteiger partial charge in [0.25, 0.3) is 0 Å². The Morgan fingerprint density at radius 3 is 1.31 bits per heavy atom. The van der Waals surface area contributed by atoms with Crippen LogP contribution in [0.25, 0.3) is 0 Å². The molecule has 0 saturated carbocycles. The molecular formula is C44H65Br2FN8O10. The Balaban J connectivity index is 0.000000347. The number of nitrogens with one attached hydrogen (secondary N) is 2. The number of halogens is 3. The van der Waals surface area contributed by atoms with Gasteiger partial charge in [-0.2, -0.15) is 0 Å². The monoisotopic (exact) mass is 1040 g/mol. The average Bonchev–Trinajstić information content (AvgIpc) is 3.15. The van der Waals surface area contributed by atoms with Crippen molar-refractivity contribution in [3.63, 3.8) is 0 Å². The van der Waals surface area contributed by atoms with E-state index in [0.717, 1.165) is 15.8 Å². The van der Waals surface area contributed by atoms with Crippen LogP contribution in [0.4, 0.5) is 34.9 Å². The van der Waals surface area contributed by atoms with Crippen molar-refractivity contribution < 1.29 is 52.4 Å². The second kappa shape index (κ2) is 23.4. The van der Waals surface area contributed by atoms with E-state index < -0.39 is 53.5 Å². The van der Waals surface area contributed by atoms with Crippen LogP contribution < -0.4 is 25.2 Å². The highest BCUT2D eigenvalue weighted by Gasteiger charge is 2.28. The number of carbonyl (C=O) groups excluding carboxylic acids is 4. The molecule has 2 heterocycles. The predicted molar refractivity (Wildman–Crippen MR) is 255 cm³/mol. The number of alkyl carbamates (subject to hydrolysis) is 2. The van der Waals surface area contributed by atoms with Crippen molar-refractivity contribution in [1.29, 1.82) is 0 Å². The Bertz CT molecular complexity index is 2010. The highest BCUT2D eigenvalue weighted by molar-refractivity contribution is 9.11. The molecule has 65 heavy (non-hydrogen) atoms. The zero-order valence-corrected chi connectivity index (χ0v) is 42.6. The third kappa shape index (κ3) is 20.3. The minimum atomic E-state index is -0.797. The number of hydrogen-bond donors (Lipinski definition) is 3. The predicted octanol–water partition coefficient (Wildman–Crippen LogP) is 8.83. The zero-order valence-electron chi connectivity index (χ0n) is 39.5. The summed E-state index contributed by atoms with van der Waals surface area (Å²) in [5.41, 5.74) is -0.897. The molecule has 0 aromatic heterocycles. The van der Waals surface area contributed by atoms with E-state index in [2.05, 4.69) is 62.3 Å². The van der Waals surface area contributed by atoms with Gasteiger partial charge >= 0.3 is 24.4 Å². The molecule has 0 unspecified atom stereocenters. The van der Waals surface area contributed by atoms with Crippen molar-refractivity contribution in [2.24, 2.45) is 9.98 Å². The summed E-state index contributed by atoms with van der Waals surface area (Å²) in [6, 6.07) is 10.9. The van der Waals surface area contributed by atoms with Crippen LogP contribution in [0.5, 0.6) is 11.5 Å². The normalized spacial score (nSPS) is 15.3. The maximum Gasteiger partial charge on any atom is 0.437 e. The molecule has 0 spiro atoms. The summed E-state index contributed by atoms with van der Waals surface area (Å²) in [5, 5.41) is 14.9. The van der Waals surface area contributed by atoms with Crippen LogP contribution in [0.2, 0.25) is 0 Å². The lowest BCUT2D eigenvalue weighted by molar-refractivity contribution is 0.0535. The lowest BCUT2D eigenvalue weighted by Crippen LogP contribution is -2.54. The number of carbonyl (C=O) groups is 4. The molecule has 2 aromatic rings. The zero-order chi connectivity index (χ0) is 48.9. The van der Waals surface area contributed by atoms with Crippen LogP contribution in [0.3, 0.4) is 0 Å². The number of alkyl halides is 1. The second-order valence-electron chi connectivity index (χ2n) is 18.8. The summed E-state index contributed by atoms with van der Waals surface area (Å²) in [6.07, 6.45) is -2.98. The molecule has 0 bridgehead atoms. The molecule has 362 valence electrons. The first-order chi connectivity index (χ1) is 30.0. The topological polar surface area (TPSA) is 196 Å². The second-order valence-corrected chi connectivity index (χ2v) is 20.5. The summed E-state index contributed by atoms with van der Waals surface area (Å²) in [6.45, 7) is 24.9. The summed E-state index contributed by atoms with van der Waals surface area (Å²) < 4.78 is 40.3. The maximum atomic E-state index is 12.4. The minimum absolute atomic E-state index is 0.00102. The van der Waals surface area contributed by atoms with E-state index in [1.54, 1.807) is 105 Å². The fourth-order valence-electron chi connectivity index (χ4n) is 5.89. The van der Waals surface area contributed by atoms with Gasteiger partial charge in [0.2, 0.25) is 11.9 Å². The van der Waals surface area contributed by atoms with E-state index in [4.69, 9.17) is 23.7 Å². The van der Waals surface area contributed by atoms with Crippen LogP contribution in [0.15, 0.2) is 55.3 Å². The van der Waals surface area contributed by atoms with Gasteiger partial charge < -0.3 is 48.4 Å².